The summed E-state index contributed by atoms with van der Waals surface area (Å²) in [6.07, 6.45) is 0.336. The van der Waals surface area contributed by atoms with E-state index in [1.807, 2.05) is 12.3 Å². The summed E-state index contributed by atoms with van der Waals surface area (Å²) in [7, 11) is -1.70. The van der Waals surface area contributed by atoms with Crippen LogP contribution in [0.15, 0.2) is 32.8 Å². The van der Waals surface area contributed by atoms with Gasteiger partial charge in [0, 0.05) is 30.2 Å². The maximum absolute atomic E-state index is 12.3. The summed E-state index contributed by atoms with van der Waals surface area (Å²) in [4.78, 5) is 41.3. The lowest BCUT2D eigenvalue weighted by molar-refractivity contribution is -0.387. The maximum atomic E-state index is 12.3. The molecule has 2 aromatic rings. The molecule has 31 heavy (non-hydrogen) atoms. The number of amides is 1. The molecule has 166 valence electrons. The minimum atomic E-state index is -3.16. The lowest BCUT2D eigenvalue weighted by atomic mass is 10.2. The van der Waals surface area contributed by atoms with Crippen LogP contribution in [0.1, 0.15) is 22.5 Å². The molecule has 0 aliphatic carbocycles. The number of hydrogen-bond acceptors (Lipinski definition) is 10. The van der Waals surface area contributed by atoms with E-state index in [4.69, 9.17) is 4.74 Å². The summed E-state index contributed by atoms with van der Waals surface area (Å²) in [5, 5.41) is 13.3. The minimum absolute atomic E-state index is 0.0175. The molecule has 0 bridgehead atoms. The molecule has 0 saturated carbocycles. The Bertz CT molecular complexity index is 1130. The number of hydrogen-bond donors (Lipinski definition) is 0. The van der Waals surface area contributed by atoms with E-state index in [0.717, 1.165) is 23.5 Å². The van der Waals surface area contributed by atoms with Crippen LogP contribution in [0.25, 0.3) is 0 Å². The van der Waals surface area contributed by atoms with E-state index in [9.17, 15) is 28.1 Å². The number of aromatic nitrogens is 1. The highest BCUT2D eigenvalue weighted by molar-refractivity contribution is 8.01. The van der Waals surface area contributed by atoms with Gasteiger partial charge in [-0.25, -0.2) is 18.2 Å². The van der Waals surface area contributed by atoms with Gasteiger partial charge in [-0.3, -0.25) is 14.9 Å². The number of nitro groups is 1. The van der Waals surface area contributed by atoms with Crippen LogP contribution in [0.4, 0.5) is 5.69 Å². The second kappa shape index (κ2) is 9.32. The van der Waals surface area contributed by atoms with Gasteiger partial charge in [0.2, 0.25) is 0 Å². The van der Waals surface area contributed by atoms with Crippen LogP contribution in [0, 0.1) is 17.0 Å². The number of esters is 1. The predicted octanol–water partition coefficient (Wildman–Crippen LogP) is 2.31. The summed E-state index contributed by atoms with van der Waals surface area (Å²) in [6.45, 7) is 1.23. The van der Waals surface area contributed by atoms with Gasteiger partial charge >= 0.3 is 5.97 Å². The Morgan fingerprint density at radius 2 is 2.16 bits per heavy atom. The first-order chi connectivity index (χ1) is 14.6. The summed E-state index contributed by atoms with van der Waals surface area (Å²) < 4.78 is 28.8. The lowest BCUT2D eigenvalue weighted by Crippen LogP contribution is -2.40. The lowest BCUT2D eigenvalue weighted by Gasteiger charge is -2.23. The van der Waals surface area contributed by atoms with E-state index in [1.54, 1.807) is 0 Å². The summed E-state index contributed by atoms with van der Waals surface area (Å²) >= 11 is 2.48. The fourth-order valence-electron chi connectivity index (χ4n) is 2.94. The van der Waals surface area contributed by atoms with Crippen molar-refractivity contribution < 1.29 is 27.7 Å². The summed E-state index contributed by atoms with van der Waals surface area (Å²) in [5.41, 5.74) is 0.470. The smallest absolute Gasteiger partial charge is 0.338 e. The van der Waals surface area contributed by atoms with Crippen molar-refractivity contribution in [3.05, 3.63) is 45.0 Å². The first-order valence-electron chi connectivity index (χ1n) is 9.07. The minimum Gasteiger partial charge on any atom is -0.452 e. The van der Waals surface area contributed by atoms with Crippen molar-refractivity contribution in [2.24, 2.45) is 0 Å². The first kappa shape index (κ1) is 23.2. The standard InChI is InChI=1S/C18H19N3O7S3/c1-11-9-29-18(19-11)30-15-4-3-12(7-14(15)21(24)25)17(23)28-8-16(22)20(2)13-5-6-31(26,27)10-13/h3-4,7,9,13H,5-6,8,10H2,1-2H3. The molecule has 1 aromatic carbocycles. The van der Waals surface area contributed by atoms with Crippen LogP contribution >= 0.6 is 23.1 Å². The van der Waals surface area contributed by atoms with Crippen molar-refractivity contribution in [1.29, 1.82) is 0 Å². The highest BCUT2D eigenvalue weighted by Gasteiger charge is 2.33. The number of likely N-dealkylation sites (N-methyl/N-ethyl adjacent to an activating group) is 1. The number of rotatable bonds is 7. The Hall–Kier alpha value is -2.51. The van der Waals surface area contributed by atoms with E-state index in [2.05, 4.69) is 4.98 Å². The van der Waals surface area contributed by atoms with Crippen LogP contribution in [0.5, 0.6) is 0 Å². The maximum Gasteiger partial charge on any atom is 0.338 e. The molecule has 1 aliphatic heterocycles. The molecular formula is C18H19N3O7S3. The Labute approximate surface area is 186 Å². The third-order valence-electron chi connectivity index (χ3n) is 4.66. The van der Waals surface area contributed by atoms with E-state index >= 15 is 0 Å². The Balaban J connectivity index is 1.65. The topological polar surface area (TPSA) is 137 Å². The van der Waals surface area contributed by atoms with E-state index < -0.39 is 39.3 Å². The van der Waals surface area contributed by atoms with Gasteiger partial charge in [0.25, 0.3) is 11.6 Å². The monoisotopic (exact) mass is 485 g/mol. The van der Waals surface area contributed by atoms with Crippen molar-refractivity contribution in [1.82, 2.24) is 9.88 Å². The van der Waals surface area contributed by atoms with Gasteiger partial charge in [-0.05, 0) is 25.5 Å². The van der Waals surface area contributed by atoms with Crippen molar-refractivity contribution >= 4 is 50.5 Å². The molecule has 1 aromatic heterocycles. The molecule has 0 N–H and O–H groups in total. The van der Waals surface area contributed by atoms with E-state index in [1.165, 1.54) is 35.4 Å². The van der Waals surface area contributed by atoms with E-state index in [-0.39, 0.29) is 22.8 Å². The quantitative estimate of drug-likeness (QED) is 0.328. The fourth-order valence-corrected chi connectivity index (χ4v) is 6.60. The number of aryl methyl sites for hydroxylation is 1. The zero-order chi connectivity index (χ0) is 22.8. The number of carbonyl (C=O) groups excluding carboxylic acids is 2. The first-order valence-corrected chi connectivity index (χ1v) is 12.6. The van der Waals surface area contributed by atoms with Gasteiger partial charge in [-0.1, -0.05) is 11.8 Å². The van der Waals surface area contributed by atoms with Crippen LogP contribution in [0.2, 0.25) is 0 Å². The average Bonchev–Trinajstić information content (AvgIpc) is 3.29. The number of carbonyl (C=O) groups is 2. The van der Waals surface area contributed by atoms with Crippen LogP contribution in [-0.4, -0.2) is 66.3 Å². The van der Waals surface area contributed by atoms with Crippen LogP contribution in [0.3, 0.4) is 0 Å². The Morgan fingerprint density at radius 3 is 2.74 bits per heavy atom. The molecule has 0 radical (unpaired) electrons. The summed E-state index contributed by atoms with van der Waals surface area (Å²) in [5.74, 6) is -1.53. The van der Waals surface area contributed by atoms with Gasteiger partial charge in [-0.15, -0.1) is 11.3 Å². The molecular weight excluding hydrogens is 466 g/mol. The highest BCUT2D eigenvalue weighted by atomic mass is 32.2. The van der Waals surface area contributed by atoms with Gasteiger partial charge < -0.3 is 9.64 Å². The second-order valence-electron chi connectivity index (χ2n) is 6.93. The number of sulfone groups is 1. The fraction of sp³-hybridized carbons (Fsp3) is 0.389. The second-order valence-corrected chi connectivity index (χ2v) is 11.3. The van der Waals surface area contributed by atoms with Gasteiger partial charge in [-0.2, -0.15) is 0 Å². The third-order valence-corrected chi connectivity index (χ3v) is 8.53. The van der Waals surface area contributed by atoms with Crippen molar-refractivity contribution in [2.75, 3.05) is 25.2 Å². The van der Waals surface area contributed by atoms with Crippen LogP contribution in [-0.2, 0) is 19.4 Å². The zero-order valence-corrected chi connectivity index (χ0v) is 19.1. The number of nitrogens with zero attached hydrogens (tertiary/aromatic N) is 3. The molecule has 1 saturated heterocycles. The van der Waals surface area contributed by atoms with E-state index in [0.29, 0.717) is 15.7 Å². The molecule has 1 aliphatic rings. The number of ether oxygens (including phenoxy) is 1. The summed E-state index contributed by atoms with van der Waals surface area (Å²) in [6, 6.07) is 3.47. The zero-order valence-electron chi connectivity index (χ0n) is 16.6. The molecule has 1 amide bonds. The largest absolute Gasteiger partial charge is 0.452 e. The SMILES string of the molecule is Cc1csc(Sc2ccc(C(=O)OCC(=O)N(C)C3CCS(=O)(=O)C3)cc2[N+](=O)[O-])n1. The molecule has 1 fully saturated rings. The molecule has 1 unspecified atom stereocenters. The number of nitro benzene ring substituents is 1. The highest BCUT2D eigenvalue weighted by Crippen LogP contribution is 2.36. The Kier molecular flexibility index (Phi) is 6.96. The van der Waals surface area contributed by atoms with Crippen molar-refractivity contribution in [2.45, 2.75) is 28.6 Å². The van der Waals surface area contributed by atoms with Crippen molar-refractivity contribution in [3.8, 4) is 0 Å². The molecule has 1 atom stereocenters. The van der Waals surface area contributed by atoms with Gasteiger partial charge in [0.1, 0.15) is 0 Å². The molecule has 13 heteroatoms. The molecule has 2 heterocycles. The normalized spacial score (nSPS) is 17.3. The average molecular weight is 486 g/mol. The van der Waals surface area contributed by atoms with Gasteiger partial charge in [0.15, 0.2) is 20.8 Å². The molecule has 3 rings (SSSR count). The number of benzene rings is 1. The predicted molar refractivity (Wildman–Crippen MR) is 114 cm³/mol. The number of thiazole rings is 1. The third kappa shape index (κ3) is 5.80. The molecule has 0 spiro atoms. The van der Waals surface area contributed by atoms with Crippen molar-refractivity contribution in [3.63, 3.8) is 0 Å². The van der Waals surface area contributed by atoms with Crippen LogP contribution < -0.4 is 0 Å². The molecule has 10 nitrogen and oxygen atoms in total. The van der Waals surface area contributed by atoms with Gasteiger partial charge in [0.05, 0.1) is 26.9 Å². The Morgan fingerprint density at radius 1 is 1.42 bits per heavy atom.